The van der Waals surface area contributed by atoms with Crippen molar-refractivity contribution in [1.82, 2.24) is 10.3 Å². The Morgan fingerprint density at radius 1 is 1.34 bits per heavy atom. The van der Waals surface area contributed by atoms with Gasteiger partial charge in [0.15, 0.2) is 9.84 Å². The zero-order valence-electron chi connectivity index (χ0n) is 15.2. The Kier molecular flexibility index (Phi) is 6.48. The number of nitrogens with zero attached hydrogens (tertiary/aromatic N) is 1. The number of rotatable bonds is 6. The van der Waals surface area contributed by atoms with Gasteiger partial charge in [-0.25, -0.2) is 12.8 Å². The molecule has 1 heterocycles. The van der Waals surface area contributed by atoms with Gasteiger partial charge in [-0.05, 0) is 36.6 Å². The van der Waals surface area contributed by atoms with Crippen LogP contribution in [-0.2, 0) is 26.8 Å². The average molecular weight is 461 g/mol. The van der Waals surface area contributed by atoms with Gasteiger partial charge in [0.2, 0.25) is 5.67 Å². The monoisotopic (exact) mass is 460 g/mol. The van der Waals surface area contributed by atoms with E-state index in [1.165, 1.54) is 24.4 Å². The van der Waals surface area contributed by atoms with Gasteiger partial charge in [-0.15, -0.1) is 0 Å². The maximum absolute atomic E-state index is 15.8. The number of hydrogen-bond donors (Lipinski definition) is 2. The fraction of sp³-hybridized carbons (Fsp3) is 0.368. The van der Waals surface area contributed by atoms with Crippen LogP contribution in [0.25, 0.3) is 0 Å². The highest BCUT2D eigenvalue weighted by Gasteiger charge is 2.49. The standard InChI is InChI=1S/C19H19Cl2FN2O4S/c20-13-4-3-12(15(21)10-13)11-24-18(26)19(22)6-5-16(29(27,28)9-8-25)17-14(19)2-1-7-23-17/h1-4,7,10,16,25H,5-6,8-9,11H2,(H,24,26)/t16?,19-/m0/s1. The predicted molar refractivity (Wildman–Crippen MR) is 108 cm³/mol. The number of aromatic nitrogens is 1. The highest BCUT2D eigenvalue weighted by molar-refractivity contribution is 7.91. The molecule has 1 aliphatic rings. The first-order chi connectivity index (χ1) is 13.7. The molecule has 0 saturated heterocycles. The molecule has 2 atom stereocenters. The third-order valence-corrected chi connectivity index (χ3v) is 7.61. The van der Waals surface area contributed by atoms with Crippen LogP contribution in [0.1, 0.15) is 34.9 Å². The van der Waals surface area contributed by atoms with E-state index in [2.05, 4.69) is 10.3 Å². The summed E-state index contributed by atoms with van der Waals surface area (Å²) in [6, 6.07) is 7.59. The number of carbonyl (C=O) groups excluding carboxylic acids is 1. The third kappa shape index (κ3) is 4.40. The normalized spacial score (nSPS) is 21.4. The molecule has 1 aliphatic carbocycles. The fourth-order valence-electron chi connectivity index (χ4n) is 3.45. The van der Waals surface area contributed by atoms with Gasteiger partial charge in [0.1, 0.15) is 5.25 Å². The average Bonchev–Trinajstić information content (AvgIpc) is 2.67. The molecule has 10 heteroatoms. The molecule has 29 heavy (non-hydrogen) atoms. The number of aliphatic hydroxyl groups is 1. The molecule has 0 radical (unpaired) electrons. The lowest BCUT2D eigenvalue weighted by molar-refractivity contribution is -0.134. The van der Waals surface area contributed by atoms with Crippen molar-refractivity contribution in [1.29, 1.82) is 0 Å². The highest BCUT2D eigenvalue weighted by atomic mass is 35.5. The predicted octanol–water partition coefficient (Wildman–Crippen LogP) is 3.11. The number of nitrogens with one attached hydrogen (secondary N) is 1. The van der Waals surface area contributed by atoms with Gasteiger partial charge in [0.25, 0.3) is 5.91 Å². The first-order valence-corrected chi connectivity index (χ1v) is 11.3. The first-order valence-electron chi connectivity index (χ1n) is 8.88. The summed E-state index contributed by atoms with van der Waals surface area (Å²) < 4.78 is 40.7. The molecule has 2 aromatic rings. The Labute approximate surface area is 178 Å². The Hall–Kier alpha value is -1.74. The Morgan fingerprint density at radius 3 is 2.79 bits per heavy atom. The van der Waals surface area contributed by atoms with E-state index in [-0.39, 0.29) is 30.6 Å². The minimum atomic E-state index is -3.73. The topological polar surface area (TPSA) is 96.4 Å². The van der Waals surface area contributed by atoms with Gasteiger partial charge in [-0.2, -0.15) is 0 Å². The molecule has 1 aromatic heterocycles. The second-order valence-corrected chi connectivity index (χ2v) is 9.92. The molecule has 1 amide bonds. The van der Waals surface area contributed by atoms with Crippen LogP contribution in [0.3, 0.4) is 0 Å². The van der Waals surface area contributed by atoms with Gasteiger partial charge in [0.05, 0.1) is 18.1 Å². The third-order valence-electron chi connectivity index (χ3n) is 4.95. The lowest BCUT2D eigenvalue weighted by Crippen LogP contribution is -2.45. The lowest BCUT2D eigenvalue weighted by atomic mass is 9.82. The molecule has 6 nitrogen and oxygen atoms in total. The molecule has 2 N–H and O–H groups in total. The molecule has 0 fully saturated rings. The number of pyridine rings is 1. The molecule has 0 bridgehead atoms. The van der Waals surface area contributed by atoms with Crippen molar-refractivity contribution in [2.45, 2.75) is 30.3 Å². The van der Waals surface area contributed by atoms with Crippen LogP contribution in [0.15, 0.2) is 36.5 Å². The van der Waals surface area contributed by atoms with Gasteiger partial charge >= 0.3 is 0 Å². The molecule has 0 saturated carbocycles. The van der Waals surface area contributed by atoms with Crippen molar-refractivity contribution in [3.63, 3.8) is 0 Å². The minimum Gasteiger partial charge on any atom is -0.395 e. The number of alkyl halides is 1. The van der Waals surface area contributed by atoms with Crippen molar-refractivity contribution in [3.05, 3.63) is 63.4 Å². The molecule has 0 spiro atoms. The van der Waals surface area contributed by atoms with Crippen LogP contribution in [0.2, 0.25) is 10.0 Å². The van der Waals surface area contributed by atoms with E-state index in [4.69, 9.17) is 28.3 Å². The van der Waals surface area contributed by atoms with Crippen LogP contribution >= 0.6 is 23.2 Å². The second kappa shape index (κ2) is 8.55. The first kappa shape index (κ1) is 22.0. The van der Waals surface area contributed by atoms with E-state index in [0.717, 1.165) is 0 Å². The van der Waals surface area contributed by atoms with E-state index in [9.17, 15) is 13.2 Å². The number of hydrogen-bond acceptors (Lipinski definition) is 5. The number of aliphatic hydroxyl groups excluding tert-OH is 1. The maximum atomic E-state index is 15.8. The molecule has 3 rings (SSSR count). The summed E-state index contributed by atoms with van der Waals surface area (Å²) in [5.41, 5.74) is -1.92. The van der Waals surface area contributed by atoms with E-state index in [1.807, 2.05) is 0 Å². The van der Waals surface area contributed by atoms with Crippen LogP contribution in [0, 0.1) is 0 Å². The molecule has 1 aromatic carbocycles. The summed E-state index contributed by atoms with van der Waals surface area (Å²) in [4.78, 5) is 16.8. The summed E-state index contributed by atoms with van der Waals surface area (Å²) >= 11 is 11.9. The Morgan fingerprint density at radius 2 is 2.10 bits per heavy atom. The Balaban J connectivity index is 1.87. The van der Waals surface area contributed by atoms with Crippen LogP contribution in [0.5, 0.6) is 0 Å². The van der Waals surface area contributed by atoms with Crippen molar-refractivity contribution >= 4 is 38.9 Å². The van der Waals surface area contributed by atoms with Crippen molar-refractivity contribution in [3.8, 4) is 0 Å². The number of carbonyl (C=O) groups is 1. The minimum absolute atomic E-state index is 0.00868. The van der Waals surface area contributed by atoms with Crippen LogP contribution in [0.4, 0.5) is 4.39 Å². The molecular weight excluding hydrogens is 442 g/mol. The van der Waals surface area contributed by atoms with E-state index in [1.54, 1.807) is 12.1 Å². The van der Waals surface area contributed by atoms with E-state index in [0.29, 0.717) is 15.6 Å². The summed E-state index contributed by atoms with van der Waals surface area (Å²) in [7, 11) is -3.73. The maximum Gasteiger partial charge on any atom is 0.262 e. The van der Waals surface area contributed by atoms with E-state index >= 15 is 4.39 Å². The number of amides is 1. The number of sulfone groups is 1. The van der Waals surface area contributed by atoms with Gasteiger partial charge in [-0.3, -0.25) is 9.78 Å². The van der Waals surface area contributed by atoms with Crippen LogP contribution < -0.4 is 5.32 Å². The second-order valence-electron chi connectivity index (χ2n) is 6.77. The largest absolute Gasteiger partial charge is 0.395 e. The van der Waals surface area contributed by atoms with E-state index < -0.39 is 39.0 Å². The summed E-state index contributed by atoms with van der Waals surface area (Å²) in [6.45, 7) is -0.549. The number of halogens is 3. The molecule has 0 aliphatic heterocycles. The van der Waals surface area contributed by atoms with Crippen molar-refractivity contribution in [2.24, 2.45) is 0 Å². The summed E-state index contributed by atoms with van der Waals surface area (Å²) in [5, 5.41) is 11.3. The van der Waals surface area contributed by atoms with Crippen molar-refractivity contribution in [2.75, 3.05) is 12.4 Å². The zero-order valence-corrected chi connectivity index (χ0v) is 17.6. The number of benzene rings is 1. The fourth-order valence-corrected chi connectivity index (χ4v) is 5.47. The number of fused-ring (bicyclic) bond motifs is 1. The van der Waals surface area contributed by atoms with Gasteiger partial charge < -0.3 is 10.4 Å². The molecule has 156 valence electrons. The van der Waals surface area contributed by atoms with Crippen molar-refractivity contribution < 1.29 is 22.7 Å². The van der Waals surface area contributed by atoms with Crippen LogP contribution in [-0.4, -0.2) is 36.8 Å². The highest BCUT2D eigenvalue weighted by Crippen LogP contribution is 2.45. The smallest absolute Gasteiger partial charge is 0.262 e. The molecular formula is C19H19Cl2FN2O4S. The quantitative estimate of drug-likeness (QED) is 0.689. The zero-order chi connectivity index (χ0) is 21.2. The van der Waals surface area contributed by atoms with Gasteiger partial charge in [-0.1, -0.05) is 35.3 Å². The SMILES string of the molecule is O=C(NCc1ccc(Cl)cc1Cl)[C@]1(F)CCC(S(=O)(=O)CCO)c2ncccc21. The lowest BCUT2D eigenvalue weighted by Gasteiger charge is -2.34. The summed E-state index contributed by atoms with van der Waals surface area (Å²) in [6.07, 6.45) is 0.927. The Bertz CT molecular complexity index is 1030. The summed E-state index contributed by atoms with van der Waals surface area (Å²) in [5.74, 6) is -1.34. The molecule has 1 unspecified atom stereocenters. The van der Waals surface area contributed by atoms with Gasteiger partial charge in [0, 0.05) is 28.4 Å².